The van der Waals surface area contributed by atoms with E-state index in [-0.39, 0.29) is 12.2 Å². The van der Waals surface area contributed by atoms with Crippen molar-refractivity contribution in [1.29, 1.82) is 0 Å². The van der Waals surface area contributed by atoms with Crippen LogP contribution in [-0.4, -0.2) is 38.1 Å². The van der Waals surface area contributed by atoms with Gasteiger partial charge in [-0.2, -0.15) is 0 Å². The van der Waals surface area contributed by atoms with E-state index in [1.165, 1.54) is 4.57 Å². The monoisotopic (exact) mass is 330 g/mol. The molecule has 2 atom stereocenters. The van der Waals surface area contributed by atoms with E-state index in [1.54, 1.807) is 44.6 Å². The minimum Gasteiger partial charge on any atom is -0.485 e. The van der Waals surface area contributed by atoms with Crippen molar-refractivity contribution in [2.24, 2.45) is 0 Å². The zero-order valence-electron chi connectivity index (χ0n) is 13.8. The summed E-state index contributed by atoms with van der Waals surface area (Å²) in [5.74, 6) is 0.626. The Morgan fingerprint density at radius 1 is 1.38 bits per heavy atom. The number of aryl methyl sites for hydroxylation is 1. The van der Waals surface area contributed by atoms with Gasteiger partial charge < -0.3 is 19.5 Å². The van der Waals surface area contributed by atoms with Gasteiger partial charge in [0.05, 0.1) is 6.04 Å². The van der Waals surface area contributed by atoms with Gasteiger partial charge in [-0.05, 0) is 44.4 Å². The number of pyridine rings is 2. The van der Waals surface area contributed by atoms with Gasteiger partial charge in [-0.1, -0.05) is 0 Å². The lowest BCUT2D eigenvalue weighted by Gasteiger charge is -2.42. The zero-order valence-corrected chi connectivity index (χ0v) is 13.8. The van der Waals surface area contributed by atoms with Crippen LogP contribution in [0.4, 0.5) is 0 Å². The Bertz CT molecular complexity index is 785. The largest absolute Gasteiger partial charge is 0.485 e. The summed E-state index contributed by atoms with van der Waals surface area (Å²) in [6, 6.07) is 4.59. The van der Waals surface area contributed by atoms with Gasteiger partial charge in [0.25, 0.3) is 5.56 Å². The number of fused-ring (bicyclic) bond motifs is 1. The molecular formula is C18H22N2O4. The van der Waals surface area contributed by atoms with Crippen molar-refractivity contribution in [3.05, 3.63) is 58.3 Å². The molecule has 0 bridgehead atoms. The minimum atomic E-state index is -0.893. The topological polar surface area (TPSA) is 84.6 Å². The molecule has 0 radical (unpaired) electrons. The van der Waals surface area contributed by atoms with E-state index in [1.807, 2.05) is 6.07 Å². The van der Waals surface area contributed by atoms with Crippen LogP contribution in [0.3, 0.4) is 0 Å². The number of aliphatic hydroxyl groups excluding tert-OH is 2. The van der Waals surface area contributed by atoms with Crippen molar-refractivity contribution in [2.45, 2.75) is 44.4 Å². The summed E-state index contributed by atoms with van der Waals surface area (Å²) in [7, 11) is 0. The van der Waals surface area contributed by atoms with E-state index in [4.69, 9.17) is 9.84 Å². The number of nitrogens with zero attached hydrogens (tertiary/aromatic N) is 2. The fourth-order valence-electron chi connectivity index (χ4n) is 3.10. The van der Waals surface area contributed by atoms with Crippen LogP contribution in [0, 0.1) is 0 Å². The van der Waals surface area contributed by atoms with Crippen LogP contribution < -0.4 is 10.3 Å². The van der Waals surface area contributed by atoms with Gasteiger partial charge in [0.15, 0.2) is 0 Å². The van der Waals surface area contributed by atoms with Crippen LogP contribution in [0.15, 0.2) is 41.6 Å². The van der Waals surface area contributed by atoms with Gasteiger partial charge in [-0.15, -0.1) is 0 Å². The summed E-state index contributed by atoms with van der Waals surface area (Å²) in [4.78, 5) is 16.7. The van der Waals surface area contributed by atoms with Gasteiger partial charge in [0.1, 0.15) is 17.5 Å². The molecule has 2 N–H and O–H groups in total. The SMILES string of the molecule is CC1(C)Oc2ccncc2[C@@H](n2ccc(CCCO)cc2=O)[C@@H]1O. The predicted molar refractivity (Wildman–Crippen MR) is 89.2 cm³/mol. The molecule has 24 heavy (non-hydrogen) atoms. The standard InChI is InChI=1S/C18H22N2O4/c1-18(2)17(23)16(13-11-19-7-5-14(13)24-18)20-8-6-12(4-3-9-21)10-15(20)22/h5-8,10-11,16-17,21,23H,3-4,9H2,1-2H3/t16-,17+/m1/s1. The highest BCUT2D eigenvalue weighted by Gasteiger charge is 2.44. The molecule has 6 nitrogen and oxygen atoms in total. The lowest BCUT2D eigenvalue weighted by atomic mass is 9.87. The maximum absolute atomic E-state index is 12.6. The maximum atomic E-state index is 12.6. The molecule has 2 aromatic rings. The maximum Gasteiger partial charge on any atom is 0.251 e. The first kappa shape index (κ1) is 16.7. The molecule has 3 rings (SSSR count). The second-order valence-corrected chi connectivity index (χ2v) is 6.62. The Morgan fingerprint density at radius 3 is 2.88 bits per heavy atom. The first-order valence-electron chi connectivity index (χ1n) is 8.07. The van der Waals surface area contributed by atoms with Crippen molar-refractivity contribution in [3.63, 3.8) is 0 Å². The third-order valence-corrected chi connectivity index (χ3v) is 4.45. The fraction of sp³-hybridized carbons (Fsp3) is 0.444. The first-order chi connectivity index (χ1) is 11.4. The molecule has 2 aromatic heterocycles. The Labute approximate surface area is 140 Å². The van der Waals surface area contributed by atoms with Crippen LogP contribution >= 0.6 is 0 Å². The quantitative estimate of drug-likeness (QED) is 0.882. The van der Waals surface area contributed by atoms with Crippen LogP contribution in [-0.2, 0) is 6.42 Å². The first-order valence-corrected chi connectivity index (χ1v) is 8.07. The number of hydrogen-bond acceptors (Lipinski definition) is 5. The molecule has 6 heteroatoms. The Balaban J connectivity index is 2.06. The van der Waals surface area contributed by atoms with Crippen molar-refractivity contribution < 1.29 is 14.9 Å². The molecule has 0 aromatic carbocycles. The molecule has 0 fully saturated rings. The summed E-state index contributed by atoms with van der Waals surface area (Å²) in [5.41, 5.74) is 0.544. The lowest BCUT2D eigenvalue weighted by molar-refractivity contribution is -0.0644. The normalized spacial score (nSPS) is 21.8. The van der Waals surface area contributed by atoms with Gasteiger partial charge in [0.2, 0.25) is 0 Å². The van der Waals surface area contributed by atoms with Crippen LogP contribution in [0.2, 0.25) is 0 Å². The third kappa shape index (κ3) is 2.95. The van der Waals surface area contributed by atoms with E-state index in [0.717, 1.165) is 5.56 Å². The average molecular weight is 330 g/mol. The average Bonchev–Trinajstić information content (AvgIpc) is 2.55. The third-order valence-electron chi connectivity index (χ3n) is 4.45. The minimum absolute atomic E-state index is 0.0923. The number of rotatable bonds is 4. The van der Waals surface area contributed by atoms with E-state index < -0.39 is 17.7 Å². The van der Waals surface area contributed by atoms with Crippen LogP contribution in [0.25, 0.3) is 0 Å². The molecule has 0 amide bonds. The Hall–Kier alpha value is -2.18. The molecule has 1 aliphatic heterocycles. The predicted octanol–water partition coefficient (Wildman–Crippen LogP) is 1.29. The molecule has 1 aliphatic rings. The number of aromatic nitrogens is 2. The molecule has 0 spiro atoms. The van der Waals surface area contributed by atoms with E-state index in [0.29, 0.717) is 24.2 Å². The lowest BCUT2D eigenvalue weighted by Crippen LogP contribution is -2.52. The van der Waals surface area contributed by atoms with Crippen molar-refractivity contribution in [3.8, 4) is 5.75 Å². The van der Waals surface area contributed by atoms with Gasteiger partial charge in [-0.3, -0.25) is 9.78 Å². The summed E-state index contributed by atoms with van der Waals surface area (Å²) >= 11 is 0. The van der Waals surface area contributed by atoms with Crippen LogP contribution in [0.1, 0.15) is 37.4 Å². The molecule has 0 aliphatic carbocycles. The summed E-state index contributed by atoms with van der Waals surface area (Å²) in [6.07, 6.45) is 5.32. The molecular weight excluding hydrogens is 308 g/mol. The smallest absolute Gasteiger partial charge is 0.251 e. The zero-order chi connectivity index (χ0) is 17.3. The Kier molecular flexibility index (Phi) is 4.43. The van der Waals surface area contributed by atoms with Gasteiger partial charge in [-0.25, -0.2) is 0 Å². The van der Waals surface area contributed by atoms with E-state index >= 15 is 0 Å². The van der Waals surface area contributed by atoms with Crippen LogP contribution in [0.5, 0.6) is 5.75 Å². The molecule has 0 saturated heterocycles. The second-order valence-electron chi connectivity index (χ2n) is 6.62. The summed E-state index contributed by atoms with van der Waals surface area (Å²) in [6.45, 7) is 3.69. The highest BCUT2D eigenvalue weighted by atomic mass is 16.5. The number of aliphatic hydroxyl groups is 2. The van der Waals surface area contributed by atoms with Gasteiger partial charge in [0, 0.05) is 36.8 Å². The number of ether oxygens (including phenoxy) is 1. The highest BCUT2D eigenvalue weighted by molar-refractivity contribution is 5.38. The Morgan fingerprint density at radius 2 is 2.17 bits per heavy atom. The summed E-state index contributed by atoms with van der Waals surface area (Å²) in [5, 5.41) is 19.7. The number of hydrogen-bond donors (Lipinski definition) is 2. The van der Waals surface area contributed by atoms with Crippen molar-refractivity contribution in [2.75, 3.05) is 6.61 Å². The molecule has 0 saturated carbocycles. The fourth-order valence-corrected chi connectivity index (χ4v) is 3.10. The molecule has 128 valence electrons. The van der Waals surface area contributed by atoms with Crippen molar-refractivity contribution in [1.82, 2.24) is 9.55 Å². The second kappa shape index (κ2) is 6.37. The highest BCUT2D eigenvalue weighted by Crippen LogP contribution is 2.40. The summed E-state index contributed by atoms with van der Waals surface area (Å²) < 4.78 is 7.39. The van der Waals surface area contributed by atoms with Crippen molar-refractivity contribution >= 4 is 0 Å². The van der Waals surface area contributed by atoms with Gasteiger partial charge >= 0.3 is 0 Å². The molecule has 3 heterocycles. The van der Waals surface area contributed by atoms with E-state index in [9.17, 15) is 9.90 Å². The molecule has 0 unspecified atom stereocenters. The van der Waals surface area contributed by atoms with E-state index in [2.05, 4.69) is 4.98 Å².